The van der Waals surface area contributed by atoms with E-state index < -0.39 is 16.0 Å². The van der Waals surface area contributed by atoms with Gasteiger partial charge in [-0.3, -0.25) is 4.90 Å². The van der Waals surface area contributed by atoms with Crippen LogP contribution in [0.5, 0.6) is 0 Å². The summed E-state index contributed by atoms with van der Waals surface area (Å²) < 4.78 is 24.3. The fourth-order valence-electron chi connectivity index (χ4n) is 2.28. The molecule has 0 atom stereocenters. The van der Waals surface area contributed by atoms with E-state index in [1.165, 1.54) is 21.9 Å². The monoisotopic (exact) mass is 348 g/mol. The Morgan fingerprint density at radius 1 is 1.36 bits per heavy atom. The minimum absolute atomic E-state index is 0.0919. The number of hydrogen-bond acceptors (Lipinski definition) is 7. The Morgan fingerprint density at radius 3 is 2.50 bits per heavy atom. The number of nitrogens with zero attached hydrogens (tertiary/aromatic N) is 3. The molecule has 0 aliphatic carbocycles. The van der Waals surface area contributed by atoms with Crippen LogP contribution in [0.2, 0.25) is 0 Å². The molecule has 2 heterocycles. The molecule has 2 rings (SSSR count). The summed E-state index contributed by atoms with van der Waals surface area (Å²) in [4.78, 5) is 17.8. The molecule has 0 spiro atoms. The van der Waals surface area contributed by atoms with Crippen molar-refractivity contribution in [3.8, 4) is 0 Å². The lowest BCUT2D eigenvalue weighted by Gasteiger charge is -2.33. The van der Waals surface area contributed by atoms with Crippen LogP contribution in [0.15, 0.2) is 0 Å². The van der Waals surface area contributed by atoms with Gasteiger partial charge < -0.3 is 10.4 Å². The number of rotatable bonds is 6. The van der Waals surface area contributed by atoms with Gasteiger partial charge in [-0.05, 0) is 6.92 Å². The number of sulfonamides is 1. The Kier molecular flexibility index (Phi) is 5.37. The lowest BCUT2D eigenvalue weighted by Crippen LogP contribution is -2.49. The van der Waals surface area contributed by atoms with E-state index in [0.717, 1.165) is 6.54 Å². The summed E-state index contributed by atoms with van der Waals surface area (Å²) in [6, 6.07) is 0. The van der Waals surface area contributed by atoms with Crippen molar-refractivity contribution in [1.29, 1.82) is 0 Å². The van der Waals surface area contributed by atoms with Crippen molar-refractivity contribution in [3.05, 3.63) is 10.6 Å². The highest BCUT2D eigenvalue weighted by Gasteiger charge is 2.23. The number of aromatic nitrogens is 1. The predicted octanol–water partition coefficient (Wildman–Crippen LogP) is 0.139. The van der Waals surface area contributed by atoms with E-state index in [0.29, 0.717) is 42.7 Å². The molecule has 2 N–H and O–H groups in total. The number of aromatic carboxylic acids is 1. The molecule has 0 amide bonds. The zero-order valence-corrected chi connectivity index (χ0v) is 14.2. The van der Waals surface area contributed by atoms with Gasteiger partial charge in [0.2, 0.25) is 10.0 Å². The van der Waals surface area contributed by atoms with Crippen LogP contribution >= 0.6 is 11.3 Å². The van der Waals surface area contributed by atoms with Gasteiger partial charge in [0.05, 0.1) is 6.26 Å². The summed E-state index contributed by atoms with van der Waals surface area (Å²) in [5.74, 6) is -1.02. The van der Waals surface area contributed by atoms with Crippen LogP contribution in [0.1, 0.15) is 15.4 Å². The number of carboxylic acids is 1. The first kappa shape index (κ1) is 17.1. The number of aryl methyl sites for hydroxylation is 1. The standard InChI is InChI=1S/C12H20N4O4S2/c1-9-10(11(17)18)14-12(21-9)13-3-4-15-5-7-16(8-6-15)22(2,19)20/h3-8H2,1-2H3,(H,13,14)(H,17,18). The second kappa shape index (κ2) is 6.90. The van der Waals surface area contributed by atoms with Gasteiger partial charge in [0, 0.05) is 44.1 Å². The van der Waals surface area contributed by atoms with E-state index in [-0.39, 0.29) is 5.69 Å². The zero-order chi connectivity index (χ0) is 16.3. The smallest absolute Gasteiger partial charge is 0.355 e. The number of thiazole rings is 1. The third-order valence-corrected chi connectivity index (χ3v) is 5.74. The molecule has 10 heteroatoms. The number of anilines is 1. The van der Waals surface area contributed by atoms with Crippen molar-refractivity contribution in [1.82, 2.24) is 14.2 Å². The Balaban J connectivity index is 1.76. The Labute approximate surface area is 133 Å². The van der Waals surface area contributed by atoms with Crippen LogP contribution in [0.3, 0.4) is 0 Å². The summed E-state index contributed by atoms with van der Waals surface area (Å²) in [6.45, 7) is 5.56. The van der Waals surface area contributed by atoms with Crippen LogP contribution in [-0.2, 0) is 10.0 Å². The Morgan fingerprint density at radius 2 is 2.00 bits per heavy atom. The second-order valence-electron chi connectivity index (χ2n) is 5.16. The van der Waals surface area contributed by atoms with Gasteiger partial charge in [0.1, 0.15) is 0 Å². The largest absolute Gasteiger partial charge is 0.476 e. The molecular formula is C12H20N4O4S2. The first-order valence-electron chi connectivity index (χ1n) is 6.89. The molecule has 22 heavy (non-hydrogen) atoms. The molecular weight excluding hydrogens is 328 g/mol. The average Bonchev–Trinajstić information content (AvgIpc) is 2.80. The highest BCUT2D eigenvalue weighted by molar-refractivity contribution is 7.88. The van der Waals surface area contributed by atoms with Crippen LogP contribution in [0, 0.1) is 6.92 Å². The number of carbonyl (C=O) groups is 1. The topological polar surface area (TPSA) is 103 Å². The maximum absolute atomic E-state index is 11.4. The number of hydrogen-bond donors (Lipinski definition) is 2. The molecule has 1 aromatic heterocycles. The van der Waals surface area contributed by atoms with E-state index >= 15 is 0 Å². The normalized spacial score (nSPS) is 17.5. The fourth-order valence-corrected chi connectivity index (χ4v) is 3.93. The SMILES string of the molecule is Cc1sc(NCCN2CCN(S(C)(=O)=O)CC2)nc1C(=O)O. The molecule has 1 aliphatic rings. The van der Waals surface area contributed by atoms with E-state index in [9.17, 15) is 13.2 Å². The third-order valence-electron chi connectivity index (χ3n) is 3.50. The average molecular weight is 348 g/mol. The van der Waals surface area contributed by atoms with Gasteiger partial charge in [-0.25, -0.2) is 18.2 Å². The van der Waals surface area contributed by atoms with Crippen molar-refractivity contribution in [2.75, 3.05) is 50.8 Å². The van der Waals surface area contributed by atoms with Gasteiger partial charge in [-0.2, -0.15) is 4.31 Å². The molecule has 0 radical (unpaired) electrons. The molecule has 0 aromatic carbocycles. The van der Waals surface area contributed by atoms with Crippen LogP contribution in [-0.4, -0.2) is 79.2 Å². The summed E-state index contributed by atoms with van der Waals surface area (Å²) in [7, 11) is -3.10. The Hall–Kier alpha value is -1.23. The maximum Gasteiger partial charge on any atom is 0.355 e. The van der Waals surface area contributed by atoms with Gasteiger partial charge in [-0.15, -0.1) is 11.3 Å². The first-order chi connectivity index (χ1) is 10.3. The minimum atomic E-state index is -3.10. The van der Waals surface area contributed by atoms with Crippen LogP contribution in [0.4, 0.5) is 5.13 Å². The summed E-state index contributed by atoms with van der Waals surface area (Å²) >= 11 is 1.32. The van der Waals surface area contributed by atoms with Crippen molar-refractivity contribution >= 4 is 32.5 Å². The molecule has 1 saturated heterocycles. The third kappa shape index (κ3) is 4.38. The number of carboxylic acid groups (broad SMARTS) is 1. The predicted molar refractivity (Wildman–Crippen MR) is 85.2 cm³/mol. The first-order valence-corrected chi connectivity index (χ1v) is 9.56. The van der Waals surface area contributed by atoms with E-state index in [2.05, 4.69) is 15.2 Å². The Bertz CT molecular complexity index is 636. The quantitative estimate of drug-likeness (QED) is 0.754. The molecule has 124 valence electrons. The molecule has 1 aliphatic heterocycles. The molecule has 8 nitrogen and oxygen atoms in total. The van der Waals surface area contributed by atoms with Crippen molar-refractivity contribution < 1.29 is 18.3 Å². The van der Waals surface area contributed by atoms with Gasteiger partial charge in [-0.1, -0.05) is 0 Å². The fraction of sp³-hybridized carbons (Fsp3) is 0.667. The summed E-state index contributed by atoms with van der Waals surface area (Å²) in [6.07, 6.45) is 1.23. The highest BCUT2D eigenvalue weighted by atomic mass is 32.2. The van der Waals surface area contributed by atoms with E-state index in [4.69, 9.17) is 5.11 Å². The molecule has 0 unspecified atom stereocenters. The second-order valence-corrected chi connectivity index (χ2v) is 8.35. The van der Waals surface area contributed by atoms with Gasteiger partial charge >= 0.3 is 5.97 Å². The number of piperazine rings is 1. The molecule has 0 saturated carbocycles. The number of nitrogens with one attached hydrogen (secondary N) is 1. The van der Waals surface area contributed by atoms with E-state index in [1.54, 1.807) is 6.92 Å². The van der Waals surface area contributed by atoms with Crippen molar-refractivity contribution in [2.24, 2.45) is 0 Å². The molecule has 1 fully saturated rings. The highest BCUT2D eigenvalue weighted by Crippen LogP contribution is 2.21. The lowest BCUT2D eigenvalue weighted by molar-refractivity contribution is 0.0690. The summed E-state index contributed by atoms with van der Waals surface area (Å²) in [5.41, 5.74) is 0.0919. The molecule has 1 aromatic rings. The van der Waals surface area contributed by atoms with Crippen LogP contribution in [0.25, 0.3) is 0 Å². The minimum Gasteiger partial charge on any atom is -0.476 e. The van der Waals surface area contributed by atoms with Crippen molar-refractivity contribution in [2.45, 2.75) is 6.92 Å². The van der Waals surface area contributed by atoms with E-state index in [1.807, 2.05) is 0 Å². The van der Waals surface area contributed by atoms with Crippen LogP contribution < -0.4 is 5.32 Å². The zero-order valence-electron chi connectivity index (χ0n) is 12.6. The summed E-state index contributed by atoms with van der Waals surface area (Å²) in [5, 5.41) is 12.7. The van der Waals surface area contributed by atoms with Crippen molar-refractivity contribution in [3.63, 3.8) is 0 Å². The lowest BCUT2D eigenvalue weighted by atomic mass is 10.3. The van der Waals surface area contributed by atoms with Gasteiger partial charge in [0.15, 0.2) is 10.8 Å². The van der Waals surface area contributed by atoms with Gasteiger partial charge in [0.25, 0.3) is 0 Å². The molecule has 0 bridgehead atoms. The maximum atomic E-state index is 11.4.